The number of hydrogen-bond acceptors (Lipinski definition) is 3. The van der Waals surface area contributed by atoms with E-state index in [0.717, 1.165) is 12.1 Å². The van der Waals surface area contributed by atoms with Crippen molar-refractivity contribution in [1.29, 1.82) is 0 Å². The fraction of sp³-hybridized carbons (Fsp3) is 0.412. The van der Waals surface area contributed by atoms with Gasteiger partial charge in [0, 0.05) is 25.5 Å². The van der Waals surface area contributed by atoms with Crippen molar-refractivity contribution in [2.75, 3.05) is 6.54 Å². The zero-order valence-electron chi connectivity index (χ0n) is 13.6. The third-order valence-electron chi connectivity index (χ3n) is 4.45. The minimum absolute atomic E-state index is 0.0820. The van der Waals surface area contributed by atoms with E-state index in [9.17, 15) is 23.1 Å². The van der Waals surface area contributed by atoms with Crippen molar-refractivity contribution in [2.24, 2.45) is 7.05 Å². The lowest BCUT2D eigenvalue weighted by Gasteiger charge is -2.25. The fourth-order valence-electron chi connectivity index (χ4n) is 3.16. The van der Waals surface area contributed by atoms with Gasteiger partial charge in [0.15, 0.2) is 0 Å². The van der Waals surface area contributed by atoms with Crippen molar-refractivity contribution in [3.05, 3.63) is 53.3 Å². The maximum Gasteiger partial charge on any atom is 0.416 e. The van der Waals surface area contributed by atoms with Crippen LogP contribution in [0.15, 0.2) is 36.5 Å². The van der Waals surface area contributed by atoms with Crippen molar-refractivity contribution in [2.45, 2.75) is 31.2 Å². The molecule has 1 aliphatic heterocycles. The Morgan fingerprint density at radius 3 is 2.76 bits per heavy atom. The maximum absolute atomic E-state index is 12.9. The molecule has 1 saturated heterocycles. The molecule has 0 spiro atoms. The highest BCUT2D eigenvalue weighted by Gasteiger charge is 2.37. The maximum atomic E-state index is 12.9. The van der Waals surface area contributed by atoms with Gasteiger partial charge in [0.05, 0.1) is 24.1 Å². The van der Waals surface area contributed by atoms with Crippen molar-refractivity contribution in [1.82, 2.24) is 14.7 Å². The Labute approximate surface area is 142 Å². The molecule has 1 amide bonds. The third kappa shape index (κ3) is 3.68. The summed E-state index contributed by atoms with van der Waals surface area (Å²) in [5.74, 6) is -0.248. The monoisotopic (exact) mass is 353 g/mol. The molecule has 0 radical (unpaired) electrons. The summed E-state index contributed by atoms with van der Waals surface area (Å²) in [7, 11) is 1.71. The molecular formula is C17H18F3N3O2. The van der Waals surface area contributed by atoms with Gasteiger partial charge in [0.2, 0.25) is 5.91 Å². The van der Waals surface area contributed by atoms with Crippen LogP contribution in [-0.2, 0) is 24.4 Å². The van der Waals surface area contributed by atoms with Gasteiger partial charge >= 0.3 is 6.18 Å². The van der Waals surface area contributed by atoms with Crippen LogP contribution in [0.25, 0.3) is 0 Å². The first-order valence-electron chi connectivity index (χ1n) is 7.87. The first-order chi connectivity index (χ1) is 11.8. The second-order valence-electron chi connectivity index (χ2n) is 6.20. The molecule has 5 nitrogen and oxygen atoms in total. The number of benzene rings is 1. The highest BCUT2D eigenvalue weighted by Crippen LogP contribution is 2.36. The number of aliphatic hydroxyl groups is 1. The Bertz CT molecular complexity index is 772. The number of carbonyl (C=O) groups excluding carboxylic acids is 1. The van der Waals surface area contributed by atoms with Gasteiger partial charge in [0.25, 0.3) is 0 Å². The number of aromatic nitrogens is 2. The van der Waals surface area contributed by atoms with Gasteiger partial charge in [-0.25, -0.2) is 0 Å². The minimum Gasteiger partial charge on any atom is -0.391 e. The third-order valence-corrected chi connectivity index (χ3v) is 4.45. The Morgan fingerprint density at radius 2 is 2.12 bits per heavy atom. The smallest absolute Gasteiger partial charge is 0.391 e. The zero-order valence-corrected chi connectivity index (χ0v) is 13.6. The summed E-state index contributed by atoms with van der Waals surface area (Å²) in [5.41, 5.74) is 0.323. The standard InChI is InChI=1S/C17H18F3N3O2/c1-22-13(5-6-21-22)8-16(25)23-10-14(24)9-15(23)11-3-2-4-12(7-11)17(18,19)20/h2-7,14-15,24H,8-10H2,1H3/t14-,15-/m0/s1. The van der Waals surface area contributed by atoms with E-state index in [1.807, 2.05) is 0 Å². The molecule has 1 aliphatic rings. The number of amides is 1. The molecule has 134 valence electrons. The lowest BCUT2D eigenvalue weighted by molar-refractivity contribution is -0.137. The van der Waals surface area contributed by atoms with Gasteiger partial charge in [-0.3, -0.25) is 9.48 Å². The fourth-order valence-corrected chi connectivity index (χ4v) is 3.16. The van der Waals surface area contributed by atoms with Gasteiger partial charge < -0.3 is 10.0 Å². The van der Waals surface area contributed by atoms with E-state index in [4.69, 9.17) is 0 Å². The molecule has 25 heavy (non-hydrogen) atoms. The molecule has 1 fully saturated rings. The SMILES string of the molecule is Cn1nccc1CC(=O)N1C[C@@H](O)C[C@H]1c1cccc(C(F)(F)F)c1. The summed E-state index contributed by atoms with van der Waals surface area (Å²) in [6, 6.07) is 6.07. The normalized spacial score (nSPS) is 20.9. The van der Waals surface area contributed by atoms with Crippen molar-refractivity contribution >= 4 is 5.91 Å². The summed E-state index contributed by atoms with van der Waals surface area (Å²) in [5, 5.41) is 14.0. The Balaban J connectivity index is 1.85. The van der Waals surface area contributed by atoms with E-state index in [2.05, 4.69) is 5.10 Å². The van der Waals surface area contributed by atoms with Gasteiger partial charge in [-0.1, -0.05) is 12.1 Å². The van der Waals surface area contributed by atoms with Gasteiger partial charge in [-0.05, 0) is 30.2 Å². The number of carbonyl (C=O) groups is 1. The van der Waals surface area contributed by atoms with Gasteiger partial charge in [0.1, 0.15) is 0 Å². The number of hydrogen-bond donors (Lipinski definition) is 1. The minimum atomic E-state index is -4.45. The van der Waals surface area contributed by atoms with Crippen LogP contribution < -0.4 is 0 Å². The Morgan fingerprint density at radius 1 is 1.36 bits per heavy atom. The molecule has 8 heteroatoms. The van der Waals surface area contributed by atoms with E-state index < -0.39 is 23.9 Å². The number of halogens is 3. The largest absolute Gasteiger partial charge is 0.416 e. The van der Waals surface area contributed by atoms with Crippen LogP contribution in [0, 0.1) is 0 Å². The number of likely N-dealkylation sites (tertiary alicyclic amines) is 1. The summed E-state index contributed by atoms with van der Waals surface area (Å²) in [6.45, 7) is 0.109. The van der Waals surface area contributed by atoms with Crippen molar-refractivity contribution < 1.29 is 23.1 Å². The zero-order chi connectivity index (χ0) is 18.2. The summed E-state index contributed by atoms with van der Waals surface area (Å²) in [6.07, 6.45) is -3.32. The average Bonchev–Trinajstić information content (AvgIpc) is 3.13. The van der Waals surface area contributed by atoms with Crippen LogP contribution in [0.2, 0.25) is 0 Å². The van der Waals surface area contributed by atoms with Gasteiger partial charge in [-0.2, -0.15) is 18.3 Å². The molecular weight excluding hydrogens is 335 g/mol. The van der Waals surface area contributed by atoms with Gasteiger partial charge in [-0.15, -0.1) is 0 Å². The summed E-state index contributed by atoms with van der Waals surface area (Å²) >= 11 is 0. The molecule has 0 bridgehead atoms. The van der Waals surface area contributed by atoms with Crippen LogP contribution in [0.5, 0.6) is 0 Å². The number of alkyl halides is 3. The molecule has 2 aromatic rings. The molecule has 1 aromatic carbocycles. The van der Waals surface area contributed by atoms with E-state index in [0.29, 0.717) is 11.3 Å². The molecule has 2 heterocycles. The van der Waals surface area contributed by atoms with E-state index in [1.165, 1.54) is 11.0 Å². The van der Waals surface area contributed by atoms with Crippen LogP contribution in [0.1, 0.15) is 29.3 Å². The van der Waals surface area contributed by atoms with E-state index >= 15 is 0 Å². The molecule has 1 N–H and O–H groups in total. The van der Waals surface area contributed by atoms with Crippen LogP contribution in [0.4, 0.5) is 13.2 Å². The van der Waals surface area contributed by atoms with Crippen LogP contribution >= 0.6 is 0 Å². The van der Waals surface area contributed by atoms with E-state index in [-0.39, 0.29) is 25.3 Å². The highest BCUT2D eigenvalue weighted by atomic mass is 19.4. The number of aryl methyl sites for hydroxylation is 1. The molecule has 0 unspecified atom stereocenters. The van der Waals surface area contributed by atoms with Crippen LogP contribution in [-0.4, -0.2) is 38.3 Å². The number of β-amino-alcohol motifs (C(OH)–C–C–N with tert-alkyl or cyclic N) is 1. The second-order valence-corrected chi connectivity index (χ2v) is 6.20. The molecule has 0 aliphatic carbocycles. The number of aliphatic hydroxyl groups excluding tert-OH is 1. The predicted octanol–water partition coefficient (Wildman–Crippen LogP) is 2.32. The lowest BCUT2D eigenvalue weighted by Crippen LogP contribution is -2.33. The van der Waals surface area contributed by atoms with Crippen molar-refractivity contribution in [3.8, 4) is 0 Å². The topological polar surface area (TPSA) is 58.4 Å². The summed E-state index contributed by atoms with van der Waals surface area (Å²) in [4.78, 5) is 14.1. The second kappa shape index (κ2) is 6.51. The molecule has 3 rings (SSSR count). The Kier molecular flexibility index (Phi) is 4.55. The van der Waals surface area contributed by atoms with Crippen molar-refractivity contribution in [3.63, 3.8) is 0 Å². The highest BCUT2D eigenvalue weighted by molar-refractivity contribution is 5.79. The van der Waals surface area contributed by atoms with E-state index in [1.54, 1.807) is 30.1 Å². The predicted molar refractivity (Wildman–Crippen MR) is 83.4 cm³/mol. The quantitative estimate of drug-likeness (QED) is 0.921. The molecule has 0 saturated carbocycles. The number of rotatable bonds is 3. The molecule has 1 aromatic heterocycles. The average molecular weight is 353 g/mol. The molecule has 2 atom stereocenters. The summed E-state index contributed by atoms with van der Waals surface area (Å²) < 4.78 is 40.4. The first kappa shape index (κ1) is 17.5. The first-order valence-corrected chi connectivity index (χ1v) is 7.87. The Hall–Kier alpha value is -2.35. The number of nitrogens with zero attached hydrogens (tertiary/aromatic N) is 3. The lowest BCUT2D eigenvalue weighted by atomic mass is 10.0. The van der Waals surface area contributed by atoms with Crippen LogP contribution in [0.3, 0.4) is 0 Å².